The van der Waals surface area contributed by atoms with E-state index in [0.29, 0.717) is 5.02 Å². The minimum Gasteiger partial charge on any atom is -0.452 e. The van der Waals surface area contributed by atoms with Gasteiger partial charge in [0.2, 0.25) is 6.10 Å². The highest BCUT2D eigenvalue weighted by atomic mass is 79.9. The van der Waals surface area contributed by atoms with Crippen LogP contribution in [0.3, 0.4) is 0 Å². The van der Waals surface area contributed by atoms with Gasteiger partial charge >= 0.3 is 18.1 Å². The molecule has 1 rings (SSSR count). The van der Waals surface area contributed by atoms with E-state index in [1.165, 1.54) is 12.1 Å². The van der Waals surface area contributed by atoms with Crippen molar-refractivity contribution in [2.45, 2.75) is 25.1 Å². The molecule has 0 heterocycles. The van der Waals surface area contributed by atoms with Gasteiger partial charge in [0, 0.05) is 10.4 Å². The lowest BCUT2D eigenvalue weighted by Crippen LogP contribution is -2.35. The molecule has 9 heteroatoms. The third-order valence-corrected chi connectivity index (χ3v) is 3.16. The zero-order valence-corrected chi connectivity index (χ0v) is 13.4. The molecule has 1 unspecified atom stereocenters. The average Bonchev–Trinajstić information content (AvgIpc) is 2.41. The van der Waals surface area contributed by atoms with Crippen molar-refractivity contribution in [1.29, 1.82) is 0 Å². The molecule has 1 aromatic rings. The molecule has 0 saturated heterocycles. The van der Waals surface area contributed by atoms with Gasteiger partial charge in [-0.25, -0.2) is 0 Å². The molecule has 0 fully saturated rings. The molecule has 0 saturated carbocycles. The van der Waals surface area contributed by atoms with Crippen LogP contribution in [0.5, 0.6) is 5.75 Å². The fraction of sp³-hybridized carbons (Fsp3) is 0.385. The lowest BCUT2D eigenvalue weighted by molar-refractivity contribution is -0.214. The second kappa shape index (κ2) is 8.38. The maximum Gasteiger partial charge on any atom is 0.426 e. The number of hydrogen-bond acceptors (Lipinski definition) is 4. The summed E-state index contributed by atoms with van der Waals surface area (Å²) in [5, 5.41) is -0.218. The van der Waals surface area contributed by atoms with Gasteiger partial charge in [-0.2, -0.15) is 13.2 Å². The summed E-state index contributed by atoms with van der Waals surface area (Å²) in [4.78, 5) is 22.8. The smallest absolute Gasteiger partial charge is 0.426 e. The molecule has 0 amide bonds. The van der Waals surface area contributed by atoms with E-state index in [1.54, 1.807) is 12.1 Å². The Hall–Kier alpha value is -1.28. The van der Waals surface area contributed by atoms with Gasteiger partial charge in [-0.3, -0.25) is 9.59 Å². The lowest BCUT2D eigenvalue weighted by atomic mass is 10.3. The Balaban J connectivity index is 2.42. The van der Waals surface area contributed by atoms with Crippen LogP contribution in [-0.2, 0) is 14.3 Å². The van der Waals surface area contributed by atoms with Crippen molar-refractivity contribution in [3.8, 4) is 5.75 Å². The summed E-state index contributed by atoms with van der Waals surface area (Å²) in [5.41, 5.74) is 0. The molecule has 0 aliphatic heterocycles. The number of carbonyl (C=O) groups excluding carboxylic acids is 2. The number of alkyl halides is 4. The fourth-order valence-corrected chi connectivity index (χ4v) is 2.00. The predicted octanol–water partition coefficient (Wildman–Crippen LogP) is 3.89. The van der Waals surface area contributed by atoms with E-state index < -0.39 is 42.4 Å². The Morgan fingerprint density at radius 3 is 2.41 bits per heavy atom. The summed E-state index contributed by atoms with van der Waals surface area (Å²) in [7, 11) is 0. The largest absolute Gasteiger partial charge is 0.452 e. The molecule has 1 aromatic carbocycles. The number of rotatable bonds is 6. The number of benzene rings is 1. The number of hydrogen-bond donors (Lipinski definition) is 0. The zero-order valence-electron chi connectivity index (χ0n) is 11.0. The van der Waals surface area contributed by atoms with Crippen LogP contribution in [0.15, 0.2) is 24.3 Å². The van der Waals surface area contributed by atoms with Crippen LogP contribution in [0.25, 0.3) is 0 Å². The van der Waals surface area contributed by atoms with Gasteiger partial charge in [-0.05, 0) is 18.2 Å². The maximum atomic E-state index is 12.4. The van der Waals surface area contributed by atoms with Gasteiger partial charge in [0.25, 0.3) is 0 Å². The molecule has 0 aliphatic rings. The molecule has 0 radical (unpaired) electrons. The van der Waals surface area contributed by atoms with E-state index in [9.17, 15) is 22.8 Å². The van der Waals surface area contributed by atoms with Crippen molar-refractivity contribution >= 4 is 39.5 Å². The molecule has 0 bridgehead atoms. The van der Waals surface area contributed by atoms with E-state index in [0.717, 1.165) is 0 Å². The normalized spacial score (nSPS) is 12.6. The Morgan fingerprint density at radius 1 is 1.23 bits per heavy atom. The van der Waals surface area contributed by atoms with E-state index in [2.05, 4.69) is 20.7 Å². The van der Waals surface area contributed by atoms with Crippen LogP contribution in [-0.4, -0.2) is 29.5 Å². The average molecular weight is 404 g/mol. The lowest BCUT2D eigenvalue weighted by Gasteiger charge is -2.18. The number of halogens is 5. The highest BCUT2D eigenvalue weighted by molar-refractivity contribution is 9.09. The minimum atomic E-state index is -4.67. The Bertz CT molecular complexity index is 536. The van der Waals surface area contributed by atoms with Gasteiger partial charge in [0.05, 0.1) is 12.8 Å². The third-order valence-electron chi connectivity index (χ3n) is 2.34. The molecule has 1 atom stereocenters. The van der Waals surface area contributed by atoms with Crippen molar-refractivity contribution in [1.82, 2.24) is 0 Å². The van der Waals surface area contributed by atoms with E-state index in [4.69, 9.17) is 16.3 Å². The van der Waals surface area contributed by atoms with Crippen LogP contribution >= 0.6 is 27.5 Å². The first kappa shape index (κ1) is 18.8. The van der Waals surface area contributed by atoms with E-state index in [1.807, 2.05) is 0 Å². The van der Waals surface area contributed by atoms with Gasteiger partial charge in [0.15, 0.2) is 0 Å². The van der Waals surface area contributed by atoms with E-state index >= 15 is 0 Å². The second-order valence-corrected chi connectivity index (χ2v) is 5.19. The molecule has 0 aromatic heterocycles. The van der Waals surface area contributed by atoms with Crippen molar-refractivity contribution in [3.63, 3.8) is 0 Å². The Labute approximate surface area is 137 Å². The van der Waals surface area contributed by atoms with Gasteiger partial charge in [-0.15, -0.1) is 0 Å². The molecule has 0 aliphatic carbocycles. The number of carbonyl (C=O) groups is 2. The van der Waals surface area contributed by atoms with Gasteiger partial charge < -0.3 is 9.47 Å². The third kappa shape index (κ3) is 6.65. The molecule has 122 valence electrons. The molecule has 0 N–H and O–H groups in total. The minimum absolute atomic E-state index is 0.180. The van der Waals surface area contributed by atoms with Gasteiger partial charge in [-0.1, -0.05) is 33.6 Å². The fourth-order valence-electron chi connectivity index (χ4n) is 1.32. The predicted molar refractivity (Wildman–Crippen MR) is 76.1 cm³/mol. The first-order chi connectivity index (χ1) is 10.2. The molecule has 22 heavy (non-hydrogen) atoms. The standard InChI is InChI=1S/C13H11BrClF3O4/c14-7-10(13(16,17)18)22-12(20)5-4-11(19)21-9-3-1-2-8(15)6-9/h1-3,6,10H,4-5,7H2. The maximum absolute atomic E-state index is 12.4. The van der Waals surface area contributed by atoms with Crippen molar-refractivity contribution in [3.05, 3.63) is 29.3 Å². The van der Waals surface area contributed by atoms with Crippen LogP contribution in [0.2, 0.25) is 5.02 Å². The summed E-state index contributed by atoms with van der Waals surface area (Å²) < 4.78 is 46.3. The number of esters is 2. The summed E-state index contributed by atoms with van der Waals surface area (Å²) in [6, 6.07) is 6.01. The summed E-state index contributed by atoms with van der Waals surface area (Å²) in [6.07, 6.45) is -7.83. The summed E-state index contributed by atoms with van der Waals surface area (Å²) in [6.45, 7) is 0. The van der Waals surface area contributed by atoms with Crippen LogP contribution in [0, 0.1) is 0 Å². The molecule has 0 spiro atoms. The highest BCUT2D eigenvalue weighted by Gasteiger charge is 2.42. The first-order valence-corrected chi connectivity index (χ1v) is 7.50. The molecular formula is C13H11BrClF3O4. The van der Waals surface area contributed by atoms with Crippen molar-refractivity contribution in [2.24, 2.45) is 0 Å². The zero-order chi connectivity index (χ0) is 16.8. The van der Waals surface area contributed by atoms with E-state index in [-0.39, 0.29) is 5.75 Å². The summed E-state index contributed by atoms with van der Waals surface area (Å²) in [5.74, 6) is -1.73. The first-order valence-electron chi connectivity index (χ1n) is 6.00. The highest BCUT2D eigenvalue weighted by Crippen LogP contribution is 2.25. The topological polar surface area (TPSA) is 52.6 Å². The Morgan fingerprint density at radius 2 is 1.86 bits per heavy atom. The van der Waals surface area contributed by atoms with Crippen molar-refractivity contribution < 1.29 is 32.2 Å². The monoisotopic (exact) mass is 402 g/mol. The SMILES string of the molecule is O=C(CCC(=O)OC(CBr)C(F)(F)F)Oc1cccc(Cl)c1. The molecule has 4 nitrogen and oxygen atoms in total. The van der Waals surface area contributed by atoms with Crippen LogP contribution in [0.4, 0.5) is 13.2 Å². The van der Waals surface area contributed by atoms with Gasteiger partial charge in [0.1, 0.15) is 5.75 Å². The van der Waals surface area contributed by atoms with Crippen LogP contribution in [0.1, 0.15) is 12.8 Å². The van der Waals surface area contributed by atoms with Crippen molar-refractivity contribution in [2.75, 3.05) is 5.33 Å². The van der Waals surface area contributed by atoms with Crippen LogP contribution < -0.4 is 4.74 Å². The summed E-state index contributed by atoms with van der Waals surface area (Å²) >= 11 is 8.31. The second-order valence-electron chi connectivity index (χ2n) is 4.11. The molecular weight excluding hydrogens is 392 g/mol. The number of ether oxygens (including phenoxy) is 2. The Kier molecular flexibility index (Phi) is 7.15. The quantitative estimate of drug-likeness (QED) is 0.411.